The van der Waals surface area contributed by atoms with E-state index in [1.165, 1.54) is 0 Å². The van der Waals surface area contributed by atoms with Crippen molar-refractivity contribution in [2.75, 3.05) is 11.2 Å². The van der Waals surface area contributed by atoms with Crippen molar-refractivity contribution < 1.29 is 4.79 Å². The van der Waals surface area contributed by atoms with Gasteiger partial charge in [-0.3, -0.25) is 4.79 Å². The zero-order chi connectivity index (χ0) is 14.6. The summed E-state index contributed by atoms with van der Waals surface area (Å²) in [5.74, 6) is 0.612. The number of amides is 1. The SMILES string of the molecule is CC(CCCl)C(=O)Nc1[nH]cc(C(C)(C)C)c1C#N. The van der Waals surface area contributed by atoms with Crippen molar-refractivity contribution >= 4 is 23.3 Å². The van der Waals surface area contributed by atoms with Crippen molar-refractivity contribution in [3.63, 3.8) is 0 Å². The monoisotopic (exact) mass is 281 g/mol. The molecule has 0 aliphatic heterocycles. The number of alkyl halides is 1. The molecule has 0 saturated heterocycles. The largest absolute Gasteiger partial charge is 0.347 e. The summed E-state index contributed by atoms with van der Waals surface area (Å²) in [5, 5.41) is 12.0. The van der Waals surface area contributed by atoms with Gasteiger partial charge in [-0.05, 0) is 17.4 Å². The highest BCUT2D eigenvalue weighted by atomic mass is 35.5. The predicted octanol–water partition coefficient (Wildman–Crippen LogP) is 3.39. The first kappa shape index (κ1) is 15.6. The van der Waals surface area contributed by atoms with Crippen molar-refractivity contribution in [2.24, 2.45) is 5.92 Å². The molecule has 19 heavy (non-hydrogen) atoms. The van der Waals surface area contributed by atoms with Crippen LogP contribution in [0.4, 0.5) is 5.82 Å². The number of rotatable bonds is 4. The number of anilines is 1. The second-order valence-corrected chi connectivity index (χ2v) is 6.06. The van der Waals surface area contributed by atoms with Crippen molar-refractivity contribution in [2.45, 2.75) is 39.5 Å². The molecule has 1 heterocycles. The second kappa shape index (κ2) is 6.12. The molecule has 1 aromatic rings. The number of carbonyl (C=O) groups is 1. The van der Waals surface area contributed by atoms with E-state index in [-0.39, 0.29) is 17.2 Å². The van der Waals surface area contributed by atoms with Crippen LogP contribution in [0.1, 0.15) is 45.2 Å². The quantitative estimate of drug-likeness (QED) is 0.831. The third-order valence-corrected chi connectivity index (χ3v) is 3.26. The van der Waals surface area contributed by atoms with Gasteiger partial charge in [0.1, 0.15) is 11.9 Å². The van der Waals surface area contributed by atoms with Crippen LogP contribution in [0.25, 0.3) is 0 Å². The molecule has 2 N–H and O–H groups in total. The first-order valence-electron chi connectivity index (χ1n) is 6.30. The number of nitrogens with one attached hydrogen (secondary N) is 2. The molecular weight excluding hydrogens is 262 g/mol. The van der Waals surface area contributed by atoms with E-state index < -0.39 is 0 Å². The molecule has 4 nitrogen and oxygen atoms in total. The number of aromatic nitrogens is 1. The average molecular weight is 282 g/mol. The zero-order valence-corrected chi connectivity index (χ0v) is 12.6. The molecule has 0 bridgehead atoms. The lowest BCUT2D eigenvalue weighted by Crippen LogP contribution is -2.21. The van der Waals surface area contributed by atoms with Gasteiger partial charge < -0.3 is 10.3 Å². The summed E-state index contributed by atoms with van der Waals surface area (Å²) >= 11 is 5.63. The van der Waals surface area contributed by atoms with Crippen molar-refractivity contribution in [3.8, 4) is 6.07 Å². The van der Waals surface area contributed by atoms with Gasteiger partial charge in [-0.1, -0.05) is 27.7 Å². The summed E-state index contributed by atoms with van der Waals surface area (Å²) in [6, 6.07) is 2.15. The van der Waals surface area contributed by atoms with E-state index in [9.17, 15) is 10.1 Å². The lowest BCUT2D eigenvalue weighted by Gasteiger charge is -2.17. The highest BCUT2D eigenvalue weighted by Gasteiger charge is 2.23. The number of hydrogen-bond donors (Lipinski definition) is 2. The van der Waals surface area contributed by atoms with Crippen LogP contribution in [0.2, 0.25) is 0 Å². The lowest BCUT2D eigenvalue weighted by molar-refractivity contribution is -0.119. The number of nitrogens with zero attached hydrogens (tertiary/aromatic N) is 1. The van der Waals surface area contributed by atoms with E-state index in [1.54, 1.807) is 6.20 Å². The molecule has 0 fully saturated rings. The maximum atomic E-state index is 11.9. The van der Waals surface area contributed by atoms with Crippen LogP contribution in [-0.4, -0.2) is 16.8 Å². The summed E-state index contributed by atoms with van der Waals surface area (Å²) in [4.78, 5) is 14.9. The van der Waals surface area contributed by atoms with E-state index >= 15 is 0 Å². The Hall–Kier alpha value is -1.47. The third-order valence-electron chi connectivity index (χ3n) is 3.04. The highest BCUT2D eigenvalue weighted by molar-refractivity contribution is 6.18. The number of hydrogen-bond acceptors (Lipinski definition) is 2. The molecule has 0 aliphatic carbocycles. The van der Waals surface area contributed by atoms with Crippen molar-refractivity contribution in [1.82, 2.24) is 4.98 Å². The zero-order valence-electron chi connectivity index (χ0n) is 11.8. The third kappa shape index (κ3) is 3.74. The van der Waals surface area contributed by atoms with Gasteiger partial charge in [-0.15, -0.1) is 11.6 Å². The molecule has 0 saturated carbocycles. The summed E-state index contributed by atoms with van der Waals surface area (Å²) in [7, 11) is 0. The number of nitriles is 1. The van der Waals surface area contributed by atoms with Crippen LogP contribution in [-0.2, 0) is 10.2 Å². The standard InChI is InChI=1S/C14H20ClN3O/c1-9(5-6-15)13(19)18-12-10(7-16)11(8-17-12)14(2,3)4/h8-9,17H,5-6H2,1-4H3,(H,18,19). The van der Waals surface area contributed by atoms with Crippen LogP contribution in [0.3, 0.4) is 0 Å². The molecule has 1 rings (SSSR count). The number of H-pyrrole nitrogens is 1. The molecule has 1 aromatic heterocycles. The predicted molar refractivity (Wildman–Crippen MR) is 77.3 cm³/mol. The first-order valence-corrected chi connectivity index (χ1v) is 6.83. The van der Waals surface area contributed by atoms with Gasteiger partial charge in [0, 0.05) is 18.0 Å². The van der Waals surface area contributed by atoms with E-state index in [1.807, 2.05) is 27.7 Å². The summed E-state index contributed by atoms with van der Waals surface area (Å²) in [6.07, 6.45) is 2.39. The lowest BCUT2D eigenvalue weighted by atomic mass is 9.86. The molecule has 0 radical (unpaired) electrons. The molecular formula is C14H20ClN3O. The van der Waals surface area contributed by atoms with Crippen LogP contribution < -0.4 is 5.32 Å². The van der Waals surface area contributed by atoms with Gasteiger partial charge >= 0.3 is 0 Å². The van der Waals surface area contributed by atoms with Gasteiger partial charge in [0.05, 0.1) is 5.56 Å². The van der Waals surface area contributed by atoms with Crippen LogP contribution in [0.5, 0.6) is 0 Å². The van der Waals surface area contributed by atoms with Gasteiger partial charge in [-0.2, -0.15) is 5.26 Å². The molecule has 0 spiro atoms. The molecule has 0 aromatic carbocycles. The Morgan fingerprint density at radius 2 is 2.21 bits per heavy atom. The number of halogens is 1. The van der Waals surface area contributed by atoms with Gasteiger partial charge in [-0.25, -0.2) is 0 Å². The smallest absolute Gasteiger partial charge is 0.228 e. The highest BCUT2D eigenvalue weighted by Crippen LogP contribution is 2.30. The Kier molecular flexibility index (Phi) is 5.02. The number of carbonyl (C=O) groups excluding carboxylic acids is 1. The summed E-state index contributed by atoms with van der Waals surface area (Å²) in [5.41, 5.74) is 1.25. The topological polar surface area (TPSA) is 68.7 Å². The van der Waals surface area contributed by atoms with E-state index in [4.69, 9.17) is 11.6 Å². The Balaban J connectivity index is 2.95. The molecule has 104 valence electrons. The van der Waals surface area contributed by atoms with Gasteiger partial charge in [0.2, 0.25) is 5.91 Å². The Labute approximate surface area is 119 Å². The fraction of sp³-hybridized carbons (Fsp3) is 0.571. The molecule has 1 atom stereocenters. The van der Waals surface area contributed by atoms with E-state index in [0.29, 0.717) is 23.7 Å². The maximum absolute atomic E-state index is 11.9. The fourth-order valence-corrected chi connectivity index (χ4v) is 2.10. The van der Waals surface area contributed by atoms with Crippen LogP contribution >= 0.6 is 11.6 Å². The summed E-state index contributed by atoms with van der Waals surface area (Å²) in [6.45, 7) is 7.90. The normalized spacial score (nSPS) is 12.8. The first-order chi connectivity index (χ1) is 8.81. The van der Waals surface area contributed by atoms with Gasteiger partial charge in [0.25, 0.3) is 0 Å². The number of aromatic amines is 1. The Morgan fingerprint density at radius 1 is 1.58 bits per heavy atom. The molecule has 1 amide bonds. The van der Waals surface area contributed by atoms with E-state index in [0.717, 1.165) is 5.56 Å². The molecule has 5 heteroatoms. The van der Waals surface area contributed by atoms with Crippen molar-refractivity contribution in [1.29, 1.82) is 5.26 Å². The minimum absolute atomic E-state index is 0.126. The molecule has 0 aliphatic rings. The minimum atomic E-state index is -0.176. The van der Waals surface area contributed by atoms with Crippen LogP contribution in [0.15, 0.2) is 6.20 Å². The van der Waals surface area contributed by atoms with Crippen LogP contribution in [0, 0.1) is 17.2 Å². The van der Waals surface area contributed by atoms with Crippen molar-refractivity contribution in [3.05, 3.63) is 17.3 Å². The summed E-state index contributed by atoms with van der Waals surface area (Å²) < 4.78 is 0. The average Bonchev–Trinajstić information content (AvgIpc) is 2.71. The Bertz CT molecular complexity index is 494. The van der Waals surface area contributed by atoms with Gasteiger partial charge in [0.15, 0.2) is 0 Å². The maximum Gasteiger partial charge on any atom is 0.228 e. The minimum Gasteiger partial charge on any atom is -0.347 e. The Morgan fingerprint density at radius 3 is 2.68 bits per heavy atom. The molecule has 1 unspecified atom stereocenters. The fourth-order valence-electron chi connectivity index (χ4n) is 1.77. The second-order valence-electron chi connectivity index (χ2n) is 5.68. The van der Waals surface area contributed by atoms with E-state index in [2.05, 4.69) is 16.4 Å².